The molecule has 10 heteroatoms. The summed E-state index contributed by atoms with van der Waals surface area (Å²) in [5.74, 6) is -0.715. The molecule has 0 spiro atoms. The number of hydrogen-bond acceptors (Lipinski definition) is 7. The Morgan fingerprint density at radius 1 is 1.21 bits per heavy atom. The summed E-state index contributed by atoms with van der Waals surface area (Å²) in [6.07, 6.45) is 6.10. The average molecular weight is 438 g/mol. The Hall–Kier alpha value is -2.20. The van der Waals surface area contributed by atoms with Crippen molar-refractivity contribution < 1.29 is 14.0 Å². The number of amides is 2. The highest BCUT2D eigenvalue weighted by Gasteiger charge is 2.17. The van der Waals surface area contributed by atoms with Crippen LogP contribution in [0.3, 0.4) is 0 Å². The number of carbonyl (C=O) groups excluding carboxylic acids is 2. The van der Waals surface area contributed by atoms with E-state index in [1.54, 1.807) is 7.05 Å². The van der Waals surface area contributed by atoms with Crippen molar-refractivity contribution in [1.29, 1.82) is 0 Å². The van der Waals surface area contributed by atoms with Gasteiger partial charge in [0.15, 0.2) is 4.34 Å². The number of rotatable bonds is 8. The van der Waals surface area contributed by atoms with Gasteiger partial charge < -0.3 is 15.5 Å². The lowest BCUT2D eigenvalue weighted by Gasteiger charge is -2.21. The predicted molar refractivity (Wildman–Crippen MR) is 114 cm³/mol. The summed E-state index contributed by atoms with van der Waals surface area (Å²) in [7, 11) is 1.57. The van der Waals surface area contributed by atoms with E-state index in [9.17, 15) is 14.0 Å². The van der Waals surface area contributed by atoms with Gasteiger partial charge in [-0.05, 0) is 37.1 Å². The van der Waals surface area contributed by atoms with Crippen molar-refractivity contribution in [3.63, 3.8) is 0 Å². The zero-order chi connectivity index (χ0) is 20.6. The maximum atomic E-state index is 12.9. The third-order valence-corrected chi connectivity index (χ3v) is 6.57. The van der Waals surface area contributed by atoms with E-state index < -0.39 is 0 Å². The second kappa shape index (κ2) is 10.5. The SMILES string of the molecule is CN(CC(=O)Nc1ccc(F)cc1)C(=O)CSc1nnc(NC2CCCCC2)s1. The van der Waals surface area contributed by atoms with Crippen LogP contribution in [0.25, 0.3) is 0 Å². The van der Waals surface area contributed by atoms with E-state index in [0.717, 1.165) is 22.3 Å². The third kappa shape index (κ3) is 6.97. The Bertz CT molecular complexity index is 824. The molecule has 2 aromatic rings. The highest BCUT2D eigenvalue weighted by atomic mass is 32.2. The average Bonchev–Trinajstić information content (AvgIpc) is 3.16. The van der Waals surface area contributed by atoms with Crippen LogP contribution in [0.5, 0.6) is 0 Å². The molecule has 1 saturated carbocycles. The molecule has 0 radical (unpaired) electrons. The van der Waals surface area contributed by atoms with Gasteiger partial charge in [-0.15, -0.1) is 10.2 Å². The lowest BCUT2D eigenvalue weighted by molar-refractivity contribution is -0.131. The van der Waals surface area contributed by atoms with Crippen molar-refractivity contribution in [2.24, 2.45) is 0 Å². The van der Waals surface area contributed by atoms with Crippen molar-refractivity contribution in [3.05, 3.63) is 30.1 Å². The van der Waals surface area contributed by atoms with E-state index in [-0.39, 0.29) is 29.9 Å². The number of thioether (sulfide) groups is 1. The molecular formula is C19H24FN5O2S2. The van der Waals surface area contributed by atoms with Gasteiger partial charge in [0.1, 0.15) is 5.82 Å². The number of nitrogens with one attached hydrogen (secondary N) is 2. The molecule has 2 amide bonds. The summed E-state index contributed by atoms with van der Waals surface area (Å²) in [6, 6.07) is 5.93. The second-order valence-electron chi connectivity index (χ2n) is 6.95. The smallest absolute Gasteiger partial charge is 0.243 e. The van der Waals surface area contributed by atoms with E-state index in [1.165, 1.54) is 71.5 Å². The Morgan fingerprint density at radius 3 is 2.66 bits per heavy atom. The summed E-state index contributed by atoms with van der Waals surface area (Å²) in [5, 5.41) is 15.1. The number of aromatic nitrogens is 2. The molecule has 29 heavy (non-hydrogen) atoms. The first-order valence-corrected chi connectivity index (χ1v) is 11.3. The van der Waals surface area contributed by atoms with E-state index in [4.69, 9.17) is 0 Å². The number of likely N-dealkylation sites (N-methyl/N-ethyl adjacent to an activating group) is 1. The van der Waals surface area contributed by atoms with Gasteiger partial charge in [-0.1, -0.05) is 42.4 Å². The molecule has 0 saturated heterocycles. The van der Waals surface area contributed by atoms with E-state index >= 15 is 0 Å². The number of hydrogen-bond donors (Lipinski definition) is 2. The first-order valence-electron chi connectivity index (χ1n) is 9.52. The molecule has 3 rings (SSSR count). The maximum Gasteiger partial charge on any atom is 0.243 e. The molecule has 156 valence electrons. The Balaban J connectivity index is 1.40. The molecule has 1 fully saturated rings. The molecule has 1 aromatic heterocycles. The molecule has 1 aliphatic rings. The minimum absolute atomic E-state index is 0.0820. The molecular weight excluding hydrogens is 413 g/mol. The van der Waals surface area contributed by atoms with Crippen molar-refractivity contribution in [3.8, 4) is 0 Å². The summed E-state index contributed by atoms with van der Waals surface area (Å²) >= 11 is 2.76. The molecule has 0 aliphatic heterocycles. The van der Waals surface area contributed by atoms with Crippen LogP contribution in [-0.2, 0) is 9.59 Å². The highest BCUT2D eigenvalue weighted by Crippen LogP contribution is 2.28. The Kier molecular flexibility index (Phi) is 7.82. The first-order chi connectivity index (χ1) is 14.0. The topological polar surface area (TPSA) is 87.2 Å². The summed E-state index contributed by atoms with van der Waals surface area (Å²) in [5.41, 5.74) is 0.485. The van der Waals surface area contributed by atoms with Crippen LogP contribution < -0.4 is 10.6 Å². The largest absolute Gasteiger partial charge is 0.357 e. The fourth-order valence-electron chi connectivity index (χ4n) is 3.02. The Labute approximate surface area is 177 Å². The van der Waals surface area contributed by atoms with Crippen molar-refractivity contribution >= 4 is 45.7 Å². The maximum absolute atomic E-state index is 12.9. The molecule has 7 nitrogen and oxygen atoms in total. The highest BCUT2D eigenvalue weighted by molar-refractivity contribution is 8.01. The van der Waals surface area contributed by atoms with Gasteiger partial charge >= 0.3 is 0 Å². The number of benzene rings is 1. The first kappa shape index (κ1) is 21.5. The van der Waals surface area contributed by atoms with Crippen molar-refractivity contribution in [2.75, 3.05) is 30.0 Å². The monoisotopic (exact) mass is 437 g/mol. The van der Waals surface area contributed by atoms with Crippen molar-refractivity contribution in [1.82, 2.24) is 15.1 Å². The zero-order valence-electron chi connectivity index (χ0n) is 16.2. The molecule has 2 N–H and O–H groups in total. The van der Waals surface area contributed by atoms with Gasteiger partial charge in [-0.25, -0.2) is 4.39 Å². The standard InChI is InChI=1S/C19H24FN5O2S2/c1-25(11-16(26)21-15-9-7-13(20)8-10-15)17(27)12-28-19-24-23-18(29-19)22-14-5-3-2-4-6-14/h7-10,14H,2-6,11-12H2,1H3,(H,21,26)(H,22,23). The molecule has 1 aromatic carbocycles. The summed E-state index contributed by atoms with van der Waals surface area (Å²) in [6.45, 7) is -0.0820. The summed E-state index contributed by atoms with van der Waals surface area (Å²) in [4.78, 5) is 25.7. The van der Waals surface area contributed by atoms with Gasteiger partial charge in [-0.3, -0.25) is 9.59 Å². The normalized spacial score (nSPS) is 14.4. The number of anilines is 2. The van der Waals surface area contributed by atoms with Crippen molar-refractivity contribution in [2.45, 2.75) is 42.5 Å². The summed E-state index contributed by atoms with van der Waals surface area (Å²) < 4.78 is 13.6. The molecule has 0 bridgehead atoms. The molecule has 1 heterocycles. The molecule has 0 unspecified atom stereocenters. The molecule has 1 aliphatic carbocycles. The lowest BCUT2D eigenvalue weighted by atomic mass is 9.96. The fraction of sp³-hybridized carbons (Fsp3) is 0.474. The van der Waals surface area contributed by atoms with Gasteiger partial charge in [0, 0.05) is 18.8 Å². The minimum Gasteiger partial charge on any atom is -0.357 e. The fourth-order valence-corrected chi connectivity index (χ4v) is 4.79. The van der Waals surface area contributed by atoms with Gasteiger partial charge in [0.05, 0.1) is 12.3 Å². The van der Waals surface area contributed by atoms with E-state index in [1.807, 2.05) is 0 Å². The van der Waals surface area contributed by atoms with Crippen LogP contribution in [0.2, 0.25) is 0 Å². The quantitative estimate of drug-likeness (QED) is 0.614. The van der Waals surface area contributed by atoms with E-state index in [2.05, 4.69) is 20.8 Å². The van der Waals surface area contributed by atoms with Gasteiger partial charge in [0.25, 0.3) is 0 Å². The number of halogens is 1. The number of nitrogens with zero attached hydrogens (tertiary/aromatic N) is 3. The Morgan fingerprint density at radius 2 is 1.93 bits per heavy atom. The van der Waals surface area contributed by atoms with Crippen LogP contribution in [0.4, 0.5) is 15.2 Å². The lowest BCUT2D eigenvalue weighted by Crippen LogP contribution is -2.35. The van der Waals surface area contributed by atoms with Gasteiger partial charge in [-0.2, -0.15) is 0 Å². The van der Waals surface area contributed by atoms with Gasteiger partial charge in [0.2, 0.25) is 16.9 Å². The van der Waals surface area contributed by atoms with E-state index in [0.29, 0.717) is 11.7 Å². The second-order valence-corrected chi connectivity index (χ2v) is 9.15. The van der Waals surface area contributed by atoms with Crippen LogP contribution in [-0.4, -0.2) is 52.3 Å². The van der Waals surface area contributed by atoms with Crippen LogP contribution in [0, 0.1) is 5.82 Å². The zero-order valence-corrected chi connectivity index (χ0v) is 17.8. The third-order valence-electron chi connectivity index (χ3n) is 4.59. The molecule has 0 atom stereocenters. The van der Waals surface area contributed by atoms with Crippen LogP contribution >= 0.6 is 23.1 Å². The van der Waals surface area contributed by atoms with Crippen LogP contribution in [0.15, 0.2) is 28.6 Å². The minimum atomic E-state index is -0.374. The predicted octanol–water partition coefficient (Wildman–Crippen LogP) is 3.61. The number of carbonyl (C=O) groups is 2. The van der Waals surface area contributed by atoms with Crippen LogP contribution in [0.1, 0.15) is 32.1 Å².